The average Bonchev–Trinajstić information content (AvgIpc) is 2.18. The van der Waals surface area contributed by atoms with Crippen LogP contribution in [-0.2, 0) is 17.4 Å². The van der Waals surface area contributed by atoms with E-state index in [1.807, 2.05) is 0 Å². The lowest BCUT2D eigenvalue weighted by Crippen LogP contribution is -2.13. The molecule has 0 aliphatic rings. The fourth-order valence-corrected chi connectivity index (χ4v) is 1.19. The summed E-state index contributed by atoms with van der Waals surface area (Å²) >= 11 is 0. The van der Waals surface area contributed by atoms with E-state index in [0.717, 1.165) is 0 Å². The van der Waals surface area contributed by atoms with Gasteiger partial charge in [0.15, 0.2) is 0 Å². The molecule has 18 heavy (non-hydrogen) atoms. The van der Waals surface area contributed by atoms with Gasteiger partial charge in [0.25, 0.3) is 6.43 Å². The summed E-state index contributed by atoms with van der Waals surface area (Å²) < 4.78 is 61.9. The number of carbonyl (C=O) groups is 1. The van der Waals surface area contributed by atoms with E-state index in [2.05, 4.69) is 4.98 Å². The molecule has 0 bridgehead atoms. The van der Waals surface area contributed by atoms with Gasteiger partial charge < -0.3 is 10.2 Å². The molecule has 1 aromatic rings. The number of carboxylic acid groups (broad SMARTS) is 1. The summed E-state index contributed by atoms with van der Waals surface area (Å²) in [4.78, 5) is 13.2. The fraction of sp³-hybridized carbons (Fsp3) is 0.333. The van der Waals surface area contributed by atoms with Gasteiger partial charge >= 0.3 is 12.1 Å². The first-order chi connectivity index (χ1) is 8.12. The van der Waals surface area contributed by atoms with Crippen molar-refractivity contribution in [1.82, 2.24) is 4.98 Å². The lowest BCUT2D eigenvalue weighted by Gasteiger charge is -2.12. The highest BCUT2D eigenvalue weighted by atomic mass is 19.4. The first-order valence-electron chi connectivity index (χ1n) is 4.43. The third-order valence-electron chi connectivity index (χ3n) is 1.94. The Kier molecular flexibility index (Phi) is 3.73. The number of carboxylic acids is 1. The molecule has 0 atom stereocenters. The number of hydrogen-bond acceptors (Lipinski definition) is 3. The van der Waals surface area contributed by atoms with Crippen molar-refractivity contribution in [1.29, 1.82) is 0 Å². The molecule has 2 N–H and O–H groups in total. The van der Waals surface area contributed by atoms with E-state index in [1.165, 1.54) is 0 Å². The van der Waals surface area contributed by atoms with Crippen molar-refractivity contribution in [2.75, 3.05) is 0 Å². The van der Waals surface area contributed by atoms with Crippen LogP contribution in [0.3, 0.4) is 0 Å². The summed E-state index contributed by atoms with van der Waals surface area (Å²) in [5.74, 6) is -2.84. The van der Waals surface area contributed by atoms with Gasteiger partial charge in [0.1, 0.15) is 11.4 Å². The van der Waals surface area contributed by atoms with Crippen LogP contribution in [0.2, 0.25) is 0 Å². The highest BCUT2D eigenvalue weighted by Crippen LogP contribution is 2.36. The van der Waals surface area contributed by atoms with E-state index in [1.54, 1.807) is 0 Å². The molecule has 0 saturated carbocycles. The average molecular weight is 271 g/mol. The van der Waals surface area contributed by atoms with Crippen LogP contribution in [0.5, 0.6) is 5.75 Å². The standard InChI is InChI=1S/C9H6F5NO3/c10-8(11)3-1-5(9(12,13)14)15-4(7(3)18)2-6(16)17/h1,8,18H,2H2,(H,16,17). The maximum absolute atomic E-state index is 12.4. The zero-order chi connectivity index (χ0) is 14.1. The van der Waals surface area contributed by atoms with Crippen LogP contribution in [0.25, 0.3) is 0 Å². The second kappa shape index (κ2) is 4.75. The molecule has 4 nitrogen and oxygen atoms in total. The fourth-order valence-electron chi connectivity index (χ4n) is 1.19. The number of rotatable bonds is 3. The third kappa shape index (κ3) is 3.05. The van der Waals surface area contributed by atoms with E-state index >= 15 is 0 Å². The summed E-state index contributed by atoms with van der Waals surface area (Å²) in [6.45, 7) is 0. The van der Waals surface area contributed by atoms with E-state index in [-0.39, 0.29) is 6.07 Å². The number of nitrogens with zero attached hydrogens (tertiary/aromatic N) is 1. The van der Waals surface area contributed by atoms with Crippen LogP contribution in [0.15, 0.2) is 6.07 Å². The van der Waals surface area contributed by atoms with Gasteiger partial charge in [-0.25, -0.2) is 13.8 Å². The molecule has 0 spiro atoms. The monoisotopic (exact) mass is 271 g/mol. The molecule has 1 rings (SSSR count). The molecule has 0 saturated heterocycles. The Hall–Kier alpha value is -1.93. The zero-order valence-electron chi connectivity index (χ0n) is 8.50. The van der Waals surface area contributed by atoms with Gasteiger partial charge in [-0.15, -0.1) is 0 Å². The SMILES string of the molecule is O=C(O)Cc1nc(C(F)(F)F)cc(C(F)F)c1O. The van der Waals surface area contributed by atoms with Crippen molar-refractivity contribution in [3.05, 3.63) is 23.0 Å². The minimum Gasteiger partial charge on any atom is -0.506 e. The Morgan fingerprint density at radius 2 is 1.94 bits per heavy atom. The predicted molar refractivity (Wildman–Crippen MR) is 47.2 cm³/mol. The van der Waals surface area contributed by atoms with Crippen LogP contribution in [0, 0.1) is 0 Å². The molecule has 0 aliphatic heterocycles. The molecule has 0 aromatic carbocycles. The number of hydrogen-bond donors (Lipinski definition) is 2. The summed E-state index contributed by atoms with van der Waals surface area (Å²) in [6, 6.07) is -0.00858. The number of halogens is 5. The lowest BCUT2D eigenvalue weighted by molar-refractivity contribution is -0.142. The topological polar surface area (TPSA) is 70.4 Å². The smallest absolute Gasteiger partial charge is 0.433 e. The van der Waals surface area contributed by atoms with Crippen LogP contribution in [0.4, 0.5) is 22.0 Å². The normalized spacial score (nSPS) is 11.9. The largest absolute Gasteiger partial charge is 0.506 e. The minimum absolute atomic E-state index is 0.00858. The highest BCUT2D eigenvalue weighted by Gasteiger charge is 2.35. The van der Waals surface area contributed by atoms with Gasteiger partial charge in [-0.05, 0) is 6.07 Å². The second-order valence-corrected chi connectivity index (χ2v) is 3.26. The molecule has 1 aromatic heterocycles. The highest BCUT2D eigenvalue weighted by molar-refractivity contribution is 5.70. The van der Waals surface area contributed by atoms with Gasteiger partial charge in [-0.1, -0.05) is 0 Å². The Bertz CT molecular complexity index is 472. The number of aromatic nitrogens is 1. The van der Waals surface area contributed by atoms with Gasteiger partial charge in [-0.3, -0.25) is 4.79 Å². The first-order valence-corrected chi connectivity index (χ1v) is 4.43. The van der Waals surface area contributed by atoms with Crippen molar-refractivity contribution < 1.29 is 37.0 Å². The maximum atomic E-state index is 12.4. The quantitative estimate of drug-likeness (QED) is 0.828. The summed E-state index contributed by atoms with van der Waals surface area (Å²) in [5, 5.41) is 17.6. The maximum Gasteiger partial charge on any atom is 0.433 e. The number of aliphatic carboxylic acids is 1. The molecule has 100 valence electrons. The minimum atomic E-state index is -5.01. The Labute approximate surface area is 96.7 Å². The van der Waals surface area contributed by atoms with Crippen molar-refractivity contribution in [2.45, 2.75) is 19.0 Å². The van der Waals surface area contributed by atoms with Crippen LogP contribution < -0.4 is 0 Å². The van der Waals surface area contributed by atoms with E-state index in [0.29, 0.717) is 0 Å². The van der Waals surface area contributed by atoms with Gasteiger partial charge in [0, 0.05) is 0 Å². The molecule has 1 heterocycles. The van der Waals surface area contributed by atoms with E-state index < -0.39 is 47.7 Å². The molecular formula is C9H6F5NO3. The van der Waals surface area contributed by atoms with Gasteiger partial charge in [0.2, 0.25) is 0 Å². The molecule has 0 amide bonds. The number of aromatic hydroxyl groups is 1. The number of pyridine rings is 1. The van der Waals surface area contributed by atoms with Crippen molar-refractivity contribution in [3.8, 4) is 5.75 Å². The van der Waals surface area contributed by atoms with Crippen molar-refractivity contribution >= 4 is 5.97 Å². The Balaban J connectivity index is 3.41. The van der Waals surface area contributed by atoms with Gasteiger partial charge in [-0.2, -0.15) is 13.2 Å². The van der Waals surface area contributed by atoms with E-state index in [4.69, 9.17) is 5.11 Å². The Morgan fingerprint density at radius 3 is 2.33 bits per heavy atom. The molecule has 0 aliphatic carbocycles. The Morgan fingerprint density at radius 1 is 1.39 bits per heavy atom. The van der Waals surface area contributed by atoms with Crippen molar-refractivity contribution in [3.63, 3.8) is 0 Å². The van der Waals surface area contributed by atoms with Crippen LogP contribution in [-0.4, -0.2) is 21.2 Å². The van der Waals surface area contributed by atoms with E-state index in [9.17, 15) is 31.9 Å². The summed E-state index contributed by atoms with van der Waals surface area (Å²) in [7, 11) is 0. The zero-order valence-corrected chi connectivity index (χ0v) is 8.50. The van der Waals surface area contributed by atoms with Crippen LogP contribution in [0.1, 0.15) is 23.4 Å². The number of alkyl halides is 5. The second-order valence-electron chi connectivity index (χ2n) is 3.26. The van der Waals surface area contributed by atoms with Crippen LogP contribution >= 0.6 is 0 Å². The molecular weight excluding hydrogens is 265 g/mol. The molecule has 0 unspecified atom stereocenters. The summed E-state index contributed by atoms with van der Waals surface area (Å²) in [6.07, 6.45) is -9.47. The molecule has 0 radical (unpaired) electrons. The van der Waals surface area contributed by atoms with Gasteiger partial charge in [0.05, 0.1) is 17.7 Å². The first kappa shape index (κ1) is 14.1. The summed E-state index contributed by atoms with van der Waals surface area (Å²) in [5.41, 5.74) is -3.92. The lowest BCUT2D eigenvalue weighted by atomic mass is 10.1. The molecule has 9 heteroatoms. The third-order valence-corrected chi connectivity index (χ3v) is 1.94. The predicted octanol–water partition coefficient (Wildman–Crippen LogP) is 2.37. The molecule has 0 fully saturated rings. The van der Waals surface area contributed by atoms with Crippen molar-refractivity contribution in [2.24, 2.45) is 0 Å².